The highest BCUT2D eigenvalue weighted by atomic mass is 19.3. The summed E-state index contributed by atoms with van der Waals surface area (Å²) in [7, 11) is 3.07. The third-order valence-electron chi connectivity index (χ3n) is 3.50. The molecule has 0 radical (unpaired) electrons. The Bertz CT molecular complexity index is 781. The number of hydrogen-bond donors (Lipinski definition) is 0. The molecule has 2 aromatic carbocycles. The summed E-state index contributed by atoms with van der Waals surface area (Å²) in [6.07, 6.45) is -2.23. The Balaban J connectivity index is 1.90. The van der Waals surface area contributed by atoms with Gasteiger partial charge >= 0.3 is 6.11 Å². The van der Waals surface area contributed by atoms with E-state index in [1.54, 1.807) is 48.5 Å². The van der Waals surface area contributed by atoms with Crippen molar-refractivity contribution in [1.29, 1.82) is 0 Å². The largest absolute Gasteiger partial charge is 0.497 e. The zero-order chi connectivity index (χ0) is 17.2. The average molecular weight is 331 g/mol. The summed E-state index contributed by atoms with van der Waals surface area (Å²) in [6, 6.07) is 13.2. The molecule has 0 aromatic heterocycles. The number of ether oxygens (including phenoxy) is 3. The lowest BCUT2D eigenvalue weighted by atomic mass is 10.1. The fourth-order valence-electron chi connectivity index (χ4n) is 2.22. The van der Waals surface area contributed by atoms with E-state index in [2.05, 4.69) is 4.99 Å². The molecular weight excluding hydrogens is 316 g/mol. The van der Waals surface area contributed by atoms with Crippen LogP contribution in [0.4, 0.5) is 14.5 Å². The van der Waals surface area contributed by atoms with Crippen molar-refractivity contribution in [3.63, 3.8) is 0 Å². The van der Waals surface area contributed by atoms with Crippen molar-refractivity contribution in [3.8, 4) is 11.5 Å². The molecule has 0 N–H and O–H groups in total. The first kappa shape index (κ1) is 16.0. The van der Waals surface area contributed by atoms with E-state index in [9.17, 15) is 8.78 Å². The summed E-state index contributed by atoms with van der Waals surface area (Å²) in [6.45, 7) is 0. The highest BCUT2D eigenvalue weighted by molar-refractivity contribution is 6.08. The molecule has 124 valence electrons. The van der Waals surface area contributed by atoms with Crippen LogP contribution in [-0.4, -0.2) is 26.0 Å². The lowest BCUT2D eigenvalue weighted by Crippen LogP contribution is -2.24. The predicted molar refractivity (Wildman–Crippen MR) is 87.1 cm³/mol. The van der Waals surface area contributed by atoms with Gasteiger partial charge in [0, 0.05) is 11.6 Å². The third kappa shape index (κ3) is 3.22. The summed E-state index contributed by atoms with van der Waals surface area (Å²) >= 11 is 0. The monoisotopic (exact) mass is 331 g/mol. The quantitative estimate of drug-likeness (QED) is 0.831. The van der Waals surface area contributed by atoms with Gasteiger partial charge in [0.2, 0.25) is 0 Å². The minimum Gasteiger partial charge on any atom is -0.497 e. The molecule has 0 spiro atoms. The molecule has 2 aromatic rings. The van der Waals surface area contributed by atoms with Crippen molar-refractivity contribution in [2.24, 2.45) is 4.99 Å². The average Bonchev–Trinajstić information content (AvgIpc) is 2.90. The Kier molecular flexibility index (Phi) is 4.20. The van der Waals surface area contributed by atoms with E-state index >= 15 is 0 Å². The standard InChI is InChI=1S/C18H15F2NO3/c1-22-14-7-3-12(4-8-14)16-11-17(18(19,20)24-16)21-13-5-9-15(23-2)10-6-13/h3-11H,1-2H3. The van der Waals surface area contributed by atoms with Gasteiger partial charge in [0.25, 0.3) is 0 Å². The molecule has 1 heterocycles. The number of aliphatic imine (C=N–C) groups is 1. The number of hydrogen-bond acceptors (Lipinski definition) is 4. The molecule has 1 aliphatic heterocycles. The molecular formula is C18H15F2NO3. The first-order valence-corrected chi connectivity index (χ1v) is 7.18. The van der Waals surface area contributed by atoms with Crippen molar-refractivity contribution in [3.05, 3.63) is 60.2 Å². The summed E-state index contributed by atoms with van der Waals surface area (Å²) in [5, 5.41) is 0. The van der Waals surface area contributed by atoms with Gasteiger partial charge in [0.05, 0.1) is 19.9 Å². The van der Waals surface area contributed by atoms with Crippen LogP contribution < -0.4 is 9.47 Å². The molecule has 24 heavy (non-hydrogen) atoms. The van der Waals surface area contributed by atoms with E-state index in [-0.39, 0.29) is 5.76 Å². The molecule has 3 rings (SSSR count). The van der Waals surface area contributed by atoms with Gasteiger partial charge in [-0.15, -0.1) is 0 Å². The molecule has 0 unspecified atom stereocenters. The van der Waals surface area contributed by atoms with E-state index in [1.165, 1.54) is 20.3 Å². The SMILES string of the molecule is COc1ccc(N=C2C=C(c3ccc(OC)cc3)OC2(F)F)cc1. The fraction of sp³-hybridized carbons (Fsp3) is 0.167. The van der Waals surface area contributed by atoms with Crippen LogP contribution in [0.15, 0.2) is 59.6 Å². The van der Waals surface area contributed by atoms with Gasteiger partial charge in [-0.2, -0.15) is 8.78 Å². The summed E-state index contributed by atoms with van der Waals surface area (Å²) in [4.78, 5) is 3.98. The van der Waals surface area contributed by atoms with Crippen LogP contribution in [0, 0.1) is 0 Å². The molecule has 0 bridgehead atoms. The van der Waals surface area contributed by atoms with E-state index in [4.69, 9.17) is 14.2 Å². The Hall–Kier alpha value is -2.89. The van der Waals surface area contributed by atoms with Crippen LogP contribution in [0.25, 0.3) is 5.76 Å². The minimum absolute atomic E-state index is 0.0647. The number of nitrogens with zero attached hydrogens (tertiary/aromatic N) is 1. The molecule has 1 aliphatic rings. The number of benzene rings is 2. The highest BCUT2D eigenvalue weighted by Gasteiger charge is 2.44. The van der Waals surface area contributed by atoms with Crippen LogP contribution in [0.1, 0.15) is 5.56 Å². The van der Waals surface area contributed by atoms with Crippen LogP contribution in [0.5, 0.6) is 11.5 Å². The molecule has 0 aliphatic carbocycles. The Morgan fingerprint density at radius 3 is 1.96 bits per heavy atom. The first-order valence-electron chi connectivity index (χ1n) is 7.18. The smallest absolute Gasteiger partial charge is 0.444 e. The Morgan fingerprint density at radius 1 is 0.875 bits per heavy atom. The summed E-state index contributed by atoms with van der Waals surface area (Å²) in [5.74, 6) is 1.33. The Labute approximate surface area is 138 Å². The van der Waals surface area contributed by atoms with Crippen LogP contribution >= 0.6 is 0 Å². The van der Waals surface area contributed by atoms with Crippen molar-refractivity contribution in [2.75, 3.05) is 14.2 Å². The second-order valence-electron chi connectivity index (χ2n) is 5.05. The van der Waals surface area contributed by atoms with Gasteiger partial charge in [-0.25, -0.2) is 4.99 Å². The number of halogens is 2. The first-order chi connectivity index (χ1) is 11.5. The summed E-state index contributed by atoms with van der Waals surface area (Å²) < 4.78 is 43.0. The maximum Gasteiger partial charge on any atom is 0.444 e. The molecule has 0 saturated carbocycles. The van der Waals surface area contributed by atoms with Gasteiger partial charge in [-0.3, -0.25) is 0 Å². The predicted octanol–water partition coefficient (Wildman–Crippen LogP) is 4.44. The van der Waals surface area contributed by atoms with Crippen molar-refractivity contribution >= 4 is 17.2 Å². The fourth-order valence-corrected chi connectivity index (χ4v) is 2.22. The van der Waals surface area contributed by atoms with Crippen LogP contribution in [0.2, 0.25) is 0 Å². The number of alkyl halides is 2. The van der Waals surface area contributed by atoms with Crippen molar-refractivity contribution in [2.45, 2.75) is 6.11 Å². The van der Waals surface area contributed by atoms with Gasteiger partial charge in [-0.1, -0.05) is 0 Å². The molecule has 0 atom stereocenters. The highest BCUT2D eigenvalue weighted by Crippen LogP contribution is 2.36. The molecule has 6 heteroatoms. The number of rotatable bonds is 4. The van der Waals surface area contributed by atoms with Gasteiger partial charge < -0.3 is 14.2 Å². The van der Waals surface area contributed by atoms with Gasteiger partial charge in [0.15, 0.2) is 5.71 Å². The van der Waals surface area contributed by atoms with Crippen molar-refractivity contribution < 1.29 is 23.0 Å². The van der Waals surface area contributed by atoms with E-state index in [0.717, 1.165) is 0 Å². The second-order valence-corrected chi connectivity index (χ2v) is 5.05. The van der Waals surface area contributed by atoms with E-state index < -0.39 is 11.8 Å². The topological polar surface area (TPSA) is 40.0 Å². The minimum atomic E-state index is -3.48. The van der Waals surface area contributed by atoms with E-state index in [1.807, 2.05) is 0 Å². The zero-order valence-electron chi connectivity index (χ0n) is 13.1. The van der Waals surface area contributed by atoms with Gasteiger partial charge in [0.1, 0.15) is 17.3 Å². The normalized spacial score (nSPS) is 17.3. The Morgan fingerprint density at radius 2 is 1.42 bits per heavy atom. The second kappa shape index (κ2) is 6.31. The lowest BCUT2D eigenvalue weighted by Gasteiger charge is -2.12. The number of methoxy groups -OCH3 is 2. The molecule has 4 nitrogen and oxygen atoms in total. The lowest BCUT2D eigenvalue weighted by molar-refractivity contribution is -0.125. The van der Waals surface area contributed by atoms with E-state index in [0.29, 0.717) is 22.7 Å². The maximum absolute atomic E-state index is 14.1. The third-order valence-corrected chi connectivity index (χ3v) is 3.50. The molecule has 0 amide bonds. The zero-order valence-corrected chi connectivity index (χ0v) is 13.1. The van der Waals surface area contributed by atoms with Gasteiger partial charge in [-0.05, 0) is 48.5 Å². The van der Waals surface area contributed by atoms with Crippen molar-refractivity contribution in [1.82, 2.24) is 0 Å². The van der Waals surface area contributed by atoms with Crippen LogP contribution in [0.3, 0.4) is 0 Å². The van der Waals surface area contributed by atoms with Crippen LogP contribution in [-0.2, 0) is 4.74 Å². The molecule has 0 fully saturated rings. The maximum atomic E-state index is 14.1. The molecule has 0 saturated heterocycles. The summed E-state index contributed by atoms with van der Waals surface area (Å²) in [5.41, 5.74) is 0.468.